The molecular weight excluding hydrogens is 218 g/mol. The summed E-state index contributed by atoms with van der Waals surface area (Å²) in [6, 6.07) is 6.28. The normalized spacial score (nSPS) is 10.8. The third-order valence-electron chi connectivity index (χ3n) is 2.54. The van der Waals surface area contributed by atoms with Crippen molar-refractivity contribution in [1.82, 2.24) is 5.32 Å². The number of aryl methyl sites for hydroxylation is 1. The molecule has 86 valence electrons. The molecule has 0 spiro atoms. The fourth-order valence-corrected chi connectivity index (χ4v) is 2.29. The highest BCUT2D eigenvalue weighted by Gasteiger charge is 1.99. The van der Waals surface area contributed by atoms with Crippen molar-refractivity contribution in [3.8, 4) is 0 Å². The van der Waals surface area contributed by atoms with Gasteiger partial charge in [0.1, 0.15) is 11.5 Å². The van der Waals surface area contributed by atoms with Crippen molar-refractivity contribution in [3.63, 3.8) is 0 Å². The number of rotatable bonds is 6. The lowest BCUT2D eigenvalue weighted by atomic mass is 10.2. The van der Waals surface area contributed by atoms with E-state index >= 15 is 0 Å². The van der Waals surface area contributed by atoms with Crippen molar-refractivity contribution >= 4 is 11.3 Å². The molecular formula is C13H17NOS. The van der Waals surface area contributed by atoms with Gasteiger partial charge in [0.15, 0.2) is 0 Å². The van der Waals surface area contributed by atoms with Crippen molar-refractivity contribution in [3.05, 3.63) is 46.0 Å². The average Bonchev–Trinajstić information content (AvgIpc) is 2.95. The van der Waals surface area contributed by atoms with Gasteiger partial charge in [-0.2, -0.15) is 11.3 Å². The van der Waals surface area contributed by atoms with Gasteiger partial charge in [0, 0.05) is 6.42 Å². The topological polar surface area (TPSA) is 25.2 Å². The predicted octanol–water partition coefficient (Wildman–Crippen LogP) is 3.24. The molecule has 0 amide bonds. The quantitative estimate of drug-likeness (QED) is 0.778. The lowest BCUT2D eigenvalue weighted by Crippen LogP contribution is -2.15. The summed E-state index contributed by atoms with van der Waals surface area (Å²) >= 11 is 1.75. The maximum absolute atomic E-state index is 5.61. The van der Waals surface area contributed by atoms with Crippen LogP contribution in [-0.2, 0) is 19.4 Å². The van der Waals surface area contributed by atoms with Crippen LogP contribution in [0, 0.1) is 0 Å². The van der Waals surface area contributed by atoms with E-state index in [1.807, 2.05) is 0 Å². The third-order valence-corrected chi connectivity index (χ3v) is 3.27. The van der Waals surface area contributed by atoms with Gasteiger partial charge < -0.3 is 9.73 Å². The van der Waals surface area contributed by atoms with Crippen LogP contribution < -0.4 is 5.32 Å². The molecule has 2 aromatic rings. The fourth-order valence-electron chi connectivity index (χ4n) is 1.59. The summed E-state index contributed by atoms with van der Waals surface area (Å²) in [6.45, 7) is 3.93. The zero-order valence-electron chi connectivity index (χ0n) is 9.53. The molecule has 0 aromatic carbocycles. The molecule has 0 bridgehead atoms. The van der Waals surface area contributed by atoms with Crippen molar-refractivity contribution < 1.29 is 4.42 Å². The second kappa shape index (κ2) is 5.87. The highest BCUT2D eigenvalue weighted by Crippen LogP contribution is 2.08. The standard InChI is InChI=1S/C13H17NOS/c1-2-12-3-4-13(15-12)9-14-7-5-11-6-8-16-10-11/h3-4,6,8,10,14H,2,5,7,9H2,1H3. The van der Waals surface area contributed by atoms with E-state index in [0.717, 1.165) is 37.5 Å². The van der Waals surface area contributed by atoms with Gasteiger partial charge in [0.25, 0.3) is 0 Å². The summed E-state index contributed by atoms with van der Waals surface area (Å²) in [5.41, 5.74) is 1.41. The Hall–Kier alpha value is -1.06. The van der Waals surface area contributed by atoms with Crippen molar-refractivity contribution in [2.24, 2.45) is 0 Å². The van der Waals surface area contributed by atoms with E-state index in [0.29, 0.717) is 0 Å². The summed E-state index contributed by atoms with van der Waals surface area (Å²) in [6.07, 6.45) is 2.06. The van der Waals surface area contributed by atoms with E-state index in [9.17, 15) is 0 Å². The Kier molecular flexibility index (Phi) is 4.19. The number of hydrogen-bond acceptors (Lipinski definition) is 3. The van der Waals surface area contributed by atoms with Crippen LogP contribution in [0.3, 0.4) is 0 Å². The molecule has 0 saturated heterocycles. The van der Waals surface area contributed by atoms with Gasteiger partial charge >= 0.3 is 0 Å². The molecule has 2 aromatic heterocycles. The van der Waals surface area contributed by atoms with E-state index in [2.05, 4.69) is 41.2 Å². The zero-order valence-corrected chi connectivity index (χ0v) is 10.3. The lowest BCUT2D eigenvalue weighted by Gasteiger charge is -2.01. The fraction of sp³-hybridized carbons (Fsp3) is 0.385. The smallest absolute Gasteiger partial charge is 0.117 e. The largest absolute Gasteiger partial charge is 0.465 e. The van der Waals surface area contributed by atoms with Crippen LogP contribution in [0.2, 0.25) is 0 Å². The van der Waals surface area contributed by atoms with Gasteiger partial charge in [-0.05, 0) is 47.5 Å². The monoisotopic (exact) mass is 235 g/mol. The molecule has 0 fully saturated rings. The predicted molar refractivity (Wildman–Crippen MR) is 67.8 cm³/mol. The van der Waals surface area contributed by atoms with Gasteiger partial charge in [-0.25, -0.2) is 0 Å². The minimum Gasteiger partial charge on any atom is -0.465 e. The first-order valence-corrected chi connectivity index (χ1v) is 6.62. The molecule has 0 atom stereocenters. The maximum Gasteiger partial charge on any atom is 0.117 e. The number of furan rings is 1. The summed E-state index contributed by atoms with van der Waals surface area (Å²) in [4.78, 5) is 0. The van der Waals surface area contributed by atoms with Crippen LogP contribution in [-0.4, -0.2) is 6.54 Å². The zero-order chi connectivity index (χ0) is 11.2. The summed E-state index contributed by atoms with van der Waals surface area (Å²) < 4.78 is 5.61. The Morgan fingerprint density at radius 2 is 2.12 bits per heavy atom. The molecule has 0 aliphatic carbocycles. The summed E-state index contributed by atoms with van der Waals surface area (Å²) in [7, 11) is 0. The molecule has 16 heavy (non-hydrogen) atoms. The lowest BCUT2D eigenvalue weighted by molar-refractivity contribution is 0.451. The van der Waals surface area contributed by atoms with Crippen LogP contribution in [0.5, 0.6) is 0 Å². The molecule has 0 unspecified atom stereocenters. The Bertz CT molecular complexity index is 405. The SMILES string of the molecule is CCc1ccc(CNCCc2ccsc2)o1. The van der Waals surface area contributed by atoms with Gasteiger partial charge in [-0.1, -0.05) is 6.92 Å². The van der Waals surface area contributed by atoms with E-state index in [4.69, 9.17) is 4.42 Å². The van der Waals surface area contributed by atoms with Crippen molar-refractivity contribution in [2.45, 2.75) is 26.3 Å². The second-order valence-corrected chi connectivity index (χ2v) is 4.56. The first kappa shape index (κ1) is 11.4. The Morgan fingerprint density at radius 1 is 1.25 bits per heavy atom. The van der Waals surface area contributed by atoms with Crippen molar-refractivity contribution in [1.29, 1.82) is 0 Å². The van der Waals surface area contributed by atoms with Gasteiger partial charge in [0.2, 0.25) is 0 Å². The first-order chi connectivity index (χ1) is 7.88. The molecule has 2 heterocycles. The highest BCUT2D eigenvalue weighted by atomic mass is 32.1. The highest BCUT2D eigenvalue weighted by molar-refractivity contribution is 7.07. The minimum atomic E-state index is 0.824. The molecule has 1 N–H and O–H groups in total. The van der Waals surface area contributed by atoms with Crippen LogP contribution in [0.4, 0.5) is 0 Å². The number of nitrogens with one attached hydrogen (secondary N) is 1. The summed E-state index contributed by atoms with van der Waals surface area (Å²) in [5.74, 6) is 2.09. The number of hydrogen-bond donors (Lipinski definition) is 1. The van der Waals surface area contributed by atoms with E-state index < -0.39 is 0 Å². The van der Waals surface area contributed by atoms with Crippen LogP contribution in [0.1, 0.15) is 24.0 Å². The van der Waals surface area contributed by atoms with Gasteiger partial charge in [-0.15, -0.1) is 0 Å². The minimum absolute atomic E-state index is 0.824. The van der Waals surface area contributed by atoms with Crippen LogP contribution in [0.25, 0.3) is 0 Å². The molecule has 0 saturated carbocycles. The molecule has 0 aliphatic heterocycles. The first-order valence-electron chi connectivity index (χ1n) is 5.68. The Morgan fingerprint density at radius 3 is 2.81 bits per heavy atom. The molecule has 0 aliphatic rings. The van der Waals surface area contributed by atoms with Crippen molar-refractivity contribution in [2.75, 3.05) is 6.54 Å². The second-order valence-electron chi connectivity index (χ2n) is 3.78. The number of thiophene rings is 1. The van der Waals surface area contributed by atoms with Crippen LogP contribution >= 0.6 is 11.3 Å². The molecule has 3 heteroatoms. The third kappa shape index (κ3) is 3.22. The maximum atomic E-state index is 5.61. The van der Waals surface area contributed by atoms with E-state index in [-0.39, 0.29) is 0 Å². The molecule has 0 radical (unpaired) electrons. The van der Waals surface area contributed by atoms with E-state index in [1.54, 1.807) is 11.3 Å². The summed E-state index contributed by atoms with van der Waals surface area (Å²) in [5, 5.41) is 7.71. The van der Waals surface area contributed by atoms with Crippen LogP contribution in [0.15, 0.2) is 33.4 Å². The average molecular weight is 235 g/mol. The Labute approximate surface area is 100 Å². The molecule has 2 nitrogen and oxygen atoms in total. The molecule has 2 rings (SSSR count). The van der Waals surface area contributed by atoms with Gasteiger partial charge in [-0.3, -0.25) is 0 Å². The Balaban J connectivity index is 1.68. The van der Waals surface area contributed by atoms with E-state index in [1.165, 1.54) is 5.56 Å². The van der Waals surface area contributed by atoms with Gasteiger partial charge in [0.05, 0.1) is 6.54 Å².